The van der Waals surface area contributed by atoms with Gasteiger partial charge < -0.3 is 20.1 Å². The first-order chi connectivity index (χ1) is 14.0. The summed E-state index contributed by atoms with van der Waals surface area (Å²) in [7, 11) is 1.52. The summed E-state index contributed by atoms with van der Waals surface area (Å²) in [5.41, 5.74) is 1.67. The Kier molecular flexibility index (Phi) is 11.9. The molecule has 1 aromatic heterocycles. The lowest BCUT2D eigenvalue weighted by Gasteiger charge is -2.13. The monoisotopic (exact) mass is 554 g/mol. The molecule has 0 spiro atoms. The predicted octanol–water partition coefficient (Wildman–Crippen LogP) is 4.54. The summed E-state index contributed by atoms with van der Waals surface area (Å²) in [5, 5.41) is 7.50. The van der Waals surface area contributed by atoms with Crippen LogP contribution in [0.1, 0.15) is 35.0 Å². The van der Waals surface area contributed by atoms with E-state index in [1.807, 2.05) is 6.92 Å². The Balaban J connectivity index is 0.00000450. The van der Waals surface area contributed by atoms with Gasteiger partial charge in [-0.25, -0.2) is 9.98 Å². The van der Waals surface area contributed by atoms with Gasteiger partial charge in [-0.2, -0.15) is 8.78 Å². The molecule has 2 aromatic rings. The standard InChI is InChI=1S/C20H28F2N4O2S.HI/c1-5-16-13(3)29-18(26-16)9-10-24-20(23-6-2)25-12-14-11-15(27-4)7-8-17(14)28-19(21)22;/h7-8,11,19H,5-6,9-10,12H2,1-4H3,(H2,23,24,25);1H. The van der Waals surface area contributed by atoms with Crippen LogP contribution in [0.2, 0.25) is 0 Å². The van der Waals surface area contributed by atoms with Gasteiger partial charge in [0.15, 0.2) is 5.96 Å². The molecule has 168 valence electrons. The lowest BCUT2D eigenvalue weighted by Crippen LogP contribution is -2.38. The first kappa shape index (κ1) is 26.3. The van der Waals surface area contributed by atoms with Crippen molar-refractivity contribution in [3.63, 3.8) is 0 Å². The number of aliphatic imine (C=N–C) groups is 1. The van der Waals surface area contributed by atoms with Crippen molar-refractivity contribution in [3.05, 3.63) is 39.3 Å². The largest absolute Gasteiger partial charge is 0.497 e. The van der Waals surface area contributed by atoms with Crippen molar-refractivity contribution in [2.45, 2.75) is 46.8 Å². The zero-order chi connectivity index (χ0) is 21.2. The highest BCUT2D eigenvalue weighted by atomic mass is 127. The van der Waals surface area contributed by atoms with E-state index in [1.165, 1.54) is 18.1 Å². The maximum atomic E-state index is 12.7. The minimum absolute atomic E-state index is 0. The van der Waals surface area contributed by atoms with E-state index in [-0.39, 0.29) is 36.3 Å². The van der Waals surface area contributed by atoms with Crippen molar-refractivity contribution in [3.8, 4) is 11.5 Å². The third kappa shape index (κ3) is 8.21. The number of nitrogens with one attached hydrogen (secondary N) is 2. The number of methoxy groups -OCH3 is 1. The van der Waals surface area contributed by atoms with Crippen molar-refractivity contribution in [1.29, 1.82) is 0 Å². The van der Waals surface area contributed by atoms with E-state index in [0.29, 0.717) is 30.4 Å². The molecule has 10 heteroatoms. The number of hydrogen-bond acceptors (Lipinski definition) is 5. The summed E-state index contributed by atoms with van der Waals surface area (Å²) < 4.78 is 35.1. The minimum atomic E-state index is -2.90. The Morgan fingerprint density at radius 3 is 2.63 bits per heavy atom. The lowest BCUT2D eigenvalue weighted by atomic mass is 10.2. The van der Waals surface area contributed by atoms with Gasteiger partial charge in [-0.15, -0.1) is 35.3 Å². The number of thiazole rings is 1. The van der Waals surface area contributed by atoms with Crippen LogP contribution in [-0.2, 0) is 19.4 Å². The van der Waals surface area contributed by atoms with Gasteiger partial charge in [0.25, 0.3) is 0 Å². The average molecular weight is 554 g/mol. The first-order valence-electron chi connectivity index (χ1n) is 9.55. The highest BCUT2D eigenvalue weighted by Gasteiger charge is 2.11. The molecule has 0 atom stereocenters. The van der Waals surface area contributed by atoms with E-state index in [9.17, 15) is 8.78 Å². The summed E-state index contributed by atoms with van der Waals surface area (Å²) in [4.78, 5) is 10.4. The number of benzene rings is 1. The second-order valence-electron chi connectivity index (χ2n) is 6.19. The Morgan fingerprint density at radius 1 is 1.27 bits per heavy atom. The Bertz CT molecular complexity index is 818. The molecule has 0 bridgehead atoms. The van der Waals surface area contributed by atoms with Crippen LogP contribution in [0.3, 0.4) is 0 Å². The zero-order valence-electron chi connectivity index (χ0n) is 17.6. The SMILES string of the molecule is CCNC(=NCc1cc(OC)ccc1OC(F)F)NCCc1nc(CC)c(C)s1.I. The third-order valence-electron chi connectivity index (χ3n) is 4.14. The molecule has 0 saturated carbocycles. The number of halogens is 3. The van der Waals surface area contributed by atoms with Gasteiger partial charge in [0, 0.05) is 30.0 Å². The maximum Gasteiger partial charge on any atom is 0.387 e. The second kappa shape index (κ2) is 13.6. The number of nitrogens with zero attached hydrogens (tertiary/aromatic N) is 2. The summed E-state index contributed by atoms with van der Waals surface area (Å²) in [6.45, 7) is 4.78. The van der Waals surface area contributed by atoms with Crippen LogP contribution >= 0.6 is 35.3 Å². The van der Waals surface area contributed by atoms with Gasteiger partial charge in [-0.1, -0.05) is 6.92 Å². The van der Waals surface area contributed by atoms with Crippen molar-refractivity contribution in [1.82, 2.24) is 15.6 Å². The molecule has 0 aliphatic rings. The minimum Gasteiger partial charge on any atom is -0.497 e. The Hall–Kier alpha value is -1.69. The van der Waals surface area contributed by atoms with Crippen LogP contribution in [0.4, 0.5) is 8.78 Å². The van der Waals surface area contributed by atoms with Crippen molar-refractivity contribution < 1.29 is 18.3 Å². The van der Waals surface area contributed by atoms with Crippen LogP contribution in [0, 0.1) is 6.92 Å². The molecule has 1 heterocycles. The van der Waals surface area contributed by atoms with Gasteiger partial charge in [-0.3, -0.25) is 0 Å². The molecule has 0 aliphatic heterocycles. The van der Waals surface area contributed by atoms with E-state index in [1.54, 1.807) is 23.5 Å². The molecule has 0 radical (unpaired) electrons. The molecular formula is C20H29F2IN4O2S. The maximum absolute atomic E-state index is 12.7. The van der Waals surface area contributed by atoms with E-state index in [2.05, 4.69) is 39.2 Å². The van der Waals surface area contributed by atoms with E-state index in [0.717, 1.165) is 23.5 Å². The molecule has 0 aliphatic carbocycles. The lowest BCUT2D eigenvalue weighted by molar-refractivity contribution is -0.0504. The molecule has 6 nitrogen and oxygen atoms in total. The summed E-state index contributed by atoms with van der Waals surface area (Å²) in [6.07, 6.45) is 1.72. The number of alkyl halides is 2. The molecule has 0 saturated heterocycles. The van der Waals surface area contributed by atoms with Crippen molar-refractivity contribution in [2.75, 3.05) is 20.2 Å². The Labute approximate surface area is 197 Å². The van der Waals surface area contributed by atoms with Crippen LogP contribution in [0.5, 0.6) is 11.5 Å². The van der Waals surface area contributed by atoms with Crippen molar-refractivity contribution in [2.24, 2.45) is 4.99 Å². The number of aromatic nitrogens is 1. The number of rotatable bonds is 10. The number of ether oxygens (including phenoxy) is 2. The van der Waals surface area contributed by atoms with Crippen LogP contribution in [0.15, 0.2) is 23.2 Å². The second-order valence-corrected chi connectivity index (χ2v) is 7.48. The smallest absolute Gasteiger partial charge is 0.387 e. The fourth-order valence-electron chi connectivity index (χ4n) is 2.73. The summed E-state index contributed by atoms with van der Waals surface area (Å²) in [6, 6.07) is 4.69. The van der Waals surface area contributed by atoms with Gasteiger partial charge in [0.05, 0.1) is 24.4 Å². The number of aryl methyl sites for hydroxylation is 2. The molecule has 1 aromatic carbocycles. The molecule has 30 heavy (non-hydrogen) atoms. The molecule has 0 unspecified atom stereocenters. The van der Waals surface area contributed by atoms with E-state index in [4.69, 9.17) is 4.74 Å². The number of guanidine groups is 1. The molecule has 0 amide bonds. The highest BCUT2D eigenvalue weighted by Crippen LogP contribution is 2.26. The van der Waals surface area contributed by atoms with Crippen molar-refractivity contribution >= 4 is 41.3 Å². The normalized spacial score (nSPS) is 11.2. The zero-order valence-corrected chi connectivity index (χ0v) is 20.8. The third-order valence-corrected chi connectivity index (χ3v) is 5.21. The molecule has 2 N–H and O–H groups in total. The quantitative estimate of drug-likeness (QED) is 0.257. The van der Waals surface area contributed by atoms with Gasteiger partial charge in [-0.05, 0) is 38.5 Å². The topological polar surface area (TPSA) is 67.8 Å². The average Bonchev–Trinajstić information content (AvgIpc) is 3.06. The fraction of sp³-hybridized carbons (Fsp3) is 0.500. The van der Waals surface area contributed by atoms with E-state index < -0.39 is 6.61 Å². The Morgan fingerprint density at radius 2 is 2.03 bits per heavy atom. The highest BCUT2D eigenvalue weighted by molar-refractivity contribution is 14.0. The molecular weight excluding hydrogens is 525 g/mol. The van der Waals surface area contributed by atoms with Crippen LogP contribution < -0.4 is 20.1 Å². The predicted molar refractivity (Wildman–Crippen MR) is 128 cm³/mol. The first-order valence-corrected chi connectivity index (χ1v) is 10.4. The fourth-order valence-corrected chi connectivity index (χ4v) is 3.75. The summed E-state index contributed by atoms with van der Waals surface area (Å²) >= 11 is 1.71. The van der Waals surface area contributed by atoms with Crippen LogP contribution in [0.25, 0.3) is 0 Å². The molecule has 2 rings (SSSR count). The summed E-state index contributed by atoms with van der Waals surface area (Å²) in [5.74, 6) is 1.24. The van der Waals surface area contributed by atoms with Gasteiger partial charge in [0.1, 0.15) is 11.5 Å². The molecule has 0 fully saturated rings. The van der Waals surface area contributed by atoms with E-state index >= 15 is 0 Å². The number of hydrogen-bond donors (Lipinski definition) is 2. The van der Waals surface area contributed by atoms with Crippen LogP contribution in [-0.4, -0.2) is 37.8 Å². The van der Waals surface area contributed by atoms with Gasteiger partial charge in [0.2, 0.25) is 0 Å². The van der Waals surface area contributed by atoms with Gasteiger partial charge >= 0.3 is 6.61 Å².